The number of aromatic nitrogens is 2. The molecule has 0 aliphatic carbocycles. The Morgan fingerprint density at radius 1 is 1.09 bits per heavy atom. The van der Waals surface area contributed by atoms with Crippen LogP contribution in [0.3, 0.4) is 0 Å². The number of ether oxygens (including phenoxy) is 2. The lowest BCUT2D eigenvalue weighted by Gasteiger charge is -2.17. The van der Waals surface area contributed by atoms with Crippen LogP contribution in [0.1, 0.15) is 22.3 Å². The van der Waals surface area contributed by atoms with Crippen LogP contribution in [-0.2, 0) is 9.53 Å². The van der Waals surface area contributed by atoms with Crippen LogP contribution in [-0.4, -0.2) is 49.2 Å². The quantitative estimate of drug-likeness (QED) is 0.404. The third-order valence-electron chi connectivity index (χ3n) is 5.07. The van der Waals surface area contributed by atoms with Crippen LogP contribution >= 0.6 is 23.2 Å². The van der Waals surface area contributed by atoms with Crippen molar-refractivity contribution in [1.82, 2.24) is 15.3 Å². The van der Waals surface area contributed by atoms with Crippen molar-refractivity contribution in [2.75, 3.05) is 26.2 Å². The first-order valence-corrected chi connectivity index (χ1v) is 11.3. The second-order valence-corrected chi connectivity index (χ2v) is 8.15. The van der Waals surface area contributed by atoms with E-state index < -0.39 is 17.9 Å². The molecule has 1 aromatic heterocycles. The van der Waals surface area contributed by atoms with Crippen LogP contribution < -0.4 is 15.0 Å². The minimum atomic E-state index is -0.910. The number of amides is 1. The second kappa shape index (κ2) is 12.2. The molecule has 0 spiro atoms. The molecule has 1 amide bonds. The van der Waals surface area contributed by atoms with E-state index in [4.69, 9.17) is 32.7 Å². The molecule has 0 saturated heterocycles. The van der Waals surface area contributed by atoms with Gasteiger partial charge >= 0.3 is 5.97 Å². The number of carbonyl (C=O) groups is 2. The van der Waals surface area contributed by atoms with Gasteiger partial charge in [-0.3, -0.25) is 4.79 Å². The van der Waals surface area contributed by atoms with Crippen LogP contribution in [0, 0.1) is 0 Å². The summed E-state index contributed by atoms with van der Waals surface area (Å²) < 4.78 is 9.98. The Hall–Kier alpha value is -3.62. The highest BCUT2D eigenvalue weighted by molar-refractivity contribution is 6.39. The minimum absolute atomic E-state index is 0.105. The Balaban J connectivity index is 1.67. The summed E-state index contributed by atoms with van der Waals surface area (Å²) in [4.78, 5) is 35.3. The van der Waals surface area contributed by atoms with E-state index in [-0.39, 0.29) is 22.0 Å². The Kier molecular flexibility index (Phi) is 9.05. The number of benzene rings is 2. The van der Waals surface area contributed by atoms with Crippen molar-refractivity contribution in [2.45, 2.75) is 12.5 Å². The highest BCUT2D eigenvalue weighted by atomic mass is 35.5. The summed E-state index contributed by atoms with van der Waals surface area (Å²) >= 11 is 12.2. The van der Waals surface area contributed by atoms with Gasteiger partial charge in [0.25, 0.3) is 5.91 Å². The maximum absolute atomic E-state index is 12.7. The number of methoxy groups -OCH3 is 2. The predicted molar refractivity (Wildman–Crippen MR) is 136 cm³/mol. The van der Waals surface area contributed by atoms with Crippen molar-refractivity contribution in [1.29, 1.82) is 0 Å². The average Bonchev–Trinajstić information content (AvgIpc) is 2.87. The molecule has 8 nitrogen and oxygen atoms in total. The smallest absolute Gasteiger partial charge is 0.328 e. The van der Waals surface area contributed by atoms with Crippen molar-refractivity contribution in [3.63, 3.8) is 0 Å². The Labute approximate surface area is 213 Å². The molecule has 0 aliphatic rings. The van der Waals surface area contributed by atoms with Crippen LogP contribution in [0.15, 0.2) is 60.8 Å². The third kappa shape index (κ3) is 6.71. The second-order valence-electron chi connectivity index (χ2n) is 7.33. The number of carbonyl (C=O) groups excluding carboxylic acids is 2. The molecular formula is C25H24Cl2N4O4. The van der Waals surface area contributed by atoms with E-state index in [1.165, 1.54) is 7.11 Å². The molecule has 10 heteroatoms. The van der Waals surface area contributed by atoms with Gasteiger partial charge in [0.05, 0.1) is 29.8 Å². The lowest BCUT2D eigenvalue weighted by atomic mass is 10.1. The van der Waals surface area contributed by atoms with E-state index in [1.807, 2.05) is 42.3 Å². The first-order chi connectivity index (χ1) is 16.8. The number of rotatable bonds is 9. The summed E-state index contributed by atoms with van der Waals surface area (Å²) in [6.07, 6.45) is 5.46. The molecule has 1 atom stereocenters. The van der Waals surface area contributed by atoms with Gasteiger partial charge in [-0.05, 0) is 36.2 Å². The number of nitrogens with zero attached hydrogens (tertiary/aromatic N) is 3. The van der Waals surface area contributed by atoms with Gasteiger partial charge in [-0.1, -0.05) is 53.6 Å². The van der Waals surface area contributed by atoms with E-state index in [9.17, 15) is 9.59 Å². The number of hydrogen-bond acceptors (Lipinski definition) is 7. The zero-order valence-electron chi connectivity index (χ0n) is 19.4. The largest absolute Gasteiger partial charge is 0.481 e. The molecule has 2 aromatic carbocycles. The highest BCUT2D eigenvalue weighted by Gasteiger charge is 2.23. The standard InChI is InChI=1S/C25H24Cl2N4O4/c1-31(25-28-15-14-21(30-25)34-2)17-12-10-16(11-13-17)6-4-9-20(24(33)35-3)29-23(32)22-18(26)7-5-8-19(22)27/h4-8,10-15,20H,9H2,1-3H3,(H,29,32). The Bertz CT molecular complexity index is 1200. The molecule has 0 bridgehead atoms. The molecule has 0 aliphatic heterocycles. The van der Waals surface area contributed by atoms with Crippen LogP contribution in [0.2, 0.25) is 10.0 Å². The van der Waals surface area contributed by atoms with Crippen molar-refractivity contribution in [2.24, 2.45) is 0 Å². The minimum Gasteiger partial charge on any atom is -0.481 e. The van der Waals surface area contributed by atoms with Gasteiger partial charge in [0.2, 0.25) is 11.8 Å². The third-order valence-corrected chi connectivity index (χ3v) is 5.70. The van der Waals surface area contributed by atoms with Crippen LogP contribution in [0.25, 0.3) is 6.08 Å². The van der Waals surface area contributed by atoms with E-state index in [1.54, 1.807) is 43.6 Å². The molecule has 3 aromatic rings. The van der Waals surface area contributed by atoms with E-state index in [0.29, 0.717) is 11.8 Å². The van der Waals surface area contributed by atoms with Crippen LogP contribution in [0.4, 0.5) is 11.6 Å². The summed E-state index contributed by atoms with van der Waals surface area (Å²) in [5, 5.41) is 3.03. The van der Waals surface area contributed by atoms with Crippen LogP contribution in [0.5, 0.6) is 5.88 Å². The summed E-state index contributed by atoms with van der Waals surface area (Å²) in [5.41, 5.74) is 1.89. The normalized spacial score (nSPS) is 11.7. The number of halogens is 2. The maximum Gasteiger partial charge on any atom is 0.328 e. The van der Waals surface area contributed by atoms with Gasteiger partial charge in [0.15, 0.2) is 0 Å². The number of anilines is 2. The first kappa shape index (κ1) is 26.0. The molecular weight excluding hydrogens is 491 g/mol. The molecule has 1 heterocycles. The van der Waals surface area contributed by atoms with E-state index in [2.05, 4.69) is 15.3 Å². The monoisotopic (exact) mass is 514 g/mol. The lowest BCUT2D eigenvalue weighted by molar-refractivity contribution is -0.142. The van der Waals surface area contributed by atoms with Gasteiger partial charge in [0.1, 0.15) is 6.04 Å². The van der Waals surface area contributed by atoms with Crippen molar-refractivity contribution >= 4 is 52.8 Å². The molecule has 182 valence electrons. The SMILES string of the molecule is COC(=O)C(CC=Cc1ccc(N(C)c2nccc(OC)n2)cc1)NC(=O)c1c(Cl)cccc1Cl. The van der Waals surface area contributed by atoms with Crippen molar-refractivity contribution in [3.05, 3.63) is 82.0 Å². The average molecular weight is 515 g/mol. The summed E-state index contributed by atoms with van der Waals surface area (Å²) in [6, 6.07) is 13.2. The maximum atomic E-state index is 12.7. The molecule has 0 fully saturated rings. The zero-order valence-corrected chi connectivity index (χ0v) is 20.9. The number of hydrogen-bond donors (Lipinski definition) is 1. The first-order valence-electron chi connectivity index (χ1n) is 10.5. The molecule has 0 radical (unpaired) electrons. The molecule has 0 saturated carbocycles. The highest BCUT2D eigenvalue weighted by Crippen LogP contribution is 2.25. The molecule has 1 N–H and O–H groups in total. The summed E-state index contributed by atoms with van der Waals surface area (Å²) in [7, 11) is 4.67. The molecule has 1 unspecified atom stereocenters. The van der Waals surface area contributed by atoms with E-state index in [0.717, 1.165) is 11.3 Å². The Morgan fingerprint density at radius 3 is 2.40 bits per heavy atom. The zero-order chi connectivity index (χ0) is 25.4. The fraction of sp³-hybridized carbons (Fsp3) is 0.200. The molecule has 35 heavy (non-hydrogen) atoms. The molecule has 3 rings (SSSR count). The predicted octanol–water partition coefficient (Wildman–Crippen LogP) is 4.93. The van der Waals surface area contributed by atoms with E-state index >= 15 is 0 Å². The fourth-order valence-electron chi connectivity index (χ4n) is 3.17. The van der Waals surface area contributed by atoms with Gasteiger partial charge in [-0.25, -0.2) is 9.78 Å². The lowest BCUT2D eigenvalue weighted by Crippen LogP contribution is -2.41. The van der Waals surface area contributed by atoms with Gasteiger partial charge in [-0.2, -0.15) is 4.98 Å². The van der Waals surface area contributed by atoms with Gasteiger partial charge in [0, 0.05) is 25.0 Å². The Morgan fingerprint density at radius 2 is 1.77 bits per heavy atom. The van der Waals surface area contributed by atoms with Gasteiger partial charge in [-0.15, -0.1) is 0 Å². The fourth-order valence-corrected chi connectivity index (χ4v) is 3.74. The van der Waals surface area contributed by atoms with Crippen molar-refractivity contribution < 1.29 is 19.1 Å². The topological polar surface area (TPSA) is 93.7 Å². The van der Waals surface area contributed by atoms with Gasteiger partial charge < -0.3 is 19.7 Å². The summed E-state index contributed by atoms with van der Waals surface area (Å²) in [5.74, 6) is -0.161. The summed E-state index contributed by atoms with van der Waals surface area (Å²) in [6.45, 7) is 0. The van der Waals surface area contributed by atoms with Crippen molar-refractivity contribution in [3.8, 4) is 5.88 Å². The number of esters is 1. The number of nitrogens with one attached hydrogen (secondary N) is 1.